The number of aromatic amines is 1. The first-order chi connectivity index (χ1) is 8.79. The lowest BCUT2D eigenvalue weighted by molar-refractivity contribution is 0.673. The van der Waals surface area contributed by atoms with E-state index in [1.165, 1.54) is 22.4 Å². The number of nitrogens with one attached hydrogen (secondary N) is 2. The quantitative estimate of drug-likeness (QED) is 0.783. The van der Waals surface area contributed by atoms with Crippen LogP contribution < -0.4 is 5.32 Å². The predicted molar refractivity (Wildman–Crippen MR) is 75.9 cm³/mol. The molecule has 18 heavy (non-hydrogen) atoms. The van der Waals surface area contributed by atoms with Gasteiger partial charge in [-0.05, 0) is 43.1 Å². The predicted octanol–water partition coefficient (Wildman–Crippen LogP) is 3.37. The number of benzene rings is 1. The van der Waals surface area contributed by atoms with Gasteiger partial charge in [-0.2, -0.15) is 0 Å². The summed E-state index contributed by atoms with van der Waals surface area (Å²) in [5.74, 6) is 0. The topological polar surface area (TPSA) is 40.7 Å². The van der Waals surface area contributed by atoms with Crippen LogP contribution in [0.4, 0.5) is 0 Å². The van der Waals surface area contributed by atoms with Crippen molar-refractivity contribution in [1.82, 2.24) is 15.3 Å². The fourth-order valence-electron chi connectivity index (χ4n) is 1.75. The van der Waals surface area contributed by atoms with Crippen LogP contribution in [-0.4, -0.2) is 16.5 Å². The number of nitrogens with zero attached hydrogens (tertiary/aromatic N) is 1. The molecule has 2 aromatic rings. The molecule has 3 nitrogen and oxygen atoms in total. The van der Waals surface area contributed by atoms with Gasteiger partial charge in [0.1, 0.15) is 0 Å². The highest BCUT2D eigenvalue weighted by molar-refractivity contribution is 7.99. The number of hydrogen-bond acceptors (Lipinski definition) is 3. The summed E-state index contributed by atoms with van der Waals surface area (Å²) in [6.07, 6.45) is 4.79. The van der Waals surface area contributed by atoms with Crippen molar-refractivity contribution in [2.75, 3.05) is 6.54 Å². The Bertz CT molecular complexity index is 480. The summed E-state index contributed by atoms with van der Waals surface area (Å²) in [7, 11) is 0. The van der Waals surface area contributed by atoms with Gasteiger partial charge in [0, 0.05) is 23.8 Å². The van der Waals surface area contributed by atoms with Gasteiger partial charge in [0.2, 0.25) is 0 Å². The van der Waals surface area contributed by atoms with Crippen molar-refractivity contribution in [2.24, 2.45) is 0 Å². The van der Waals surface area contributed by atoms with Gasteiger partial charge in [0.15, 0.2) is 5.16 Å². The van der Waals surface area contributed by atoms with Crippen molar-refractivity contribution in [2.45, 2.75) is 36.9 Å². The minimum absolute atomic E-state index is 0.936. The second-order valence-corrected chi connectivity index (χ2v) is 5.32. The van der Waals surface area contributed by atoms with Gasteiger partial charge in [-0.1, -0.05) is 24.8 Å². The Kier molecular flexibility index (Phi) is 4.84. The van der Waals surface area contributed by atoms with Crippen LogP contribution in [0.3, 0.4) is 0 Å². The largest absolute Gasteiger partial charge is 0.339 e. The zero-order chi connectivity index (χ0) is 12.8. The van der Waals surface area contributed by atoms with E-state index in [2.05, 4.69) is 47.3 Å². The Hall–Kier alpha value is -1.26. The maximum absolute atomic E-state index is 4.22. The summed E-state index contributed by atoms with van der Waals surface area (Å²) in [6.45, 7) is 6.37. The number of hydrogen-bond donors (Lipinski definition) is 2. The lowest BCUT2D eigenvalue weighted by Crippen LogP contribution is -2.14. The zero-order valence-electron chi connectivity index (χ0n) is 10.9. The summed E-state index contributed by atoms with van der Waals surface area (Å²) < 4.78 is 0. The molecule has 0 amide bonds. The maximum atomic E-state index is 4.22. The van der Waals surface area contributed by atoms with E-state index in [-0.39, 0.29) is 0 Å². The normalized spacial score (nSPS) is 10.8. The summed E-state index contributed by atoms with van der Waals surface area (Å²) in [4.78, 5) is 8.54. The van der Waals surface area contributed by atoms with E-state index < -0.39 is 0 Å². The van der Waals surface area contributed by atoms with E-state index in [0.717, 1.165) is 18.2 Å². The summed E-state index contributed by atoms with van der Waals surface area (Å²) in [6, 6.07) is 6.57. The molecule has 0 spiro atoms. The van der Waals surface area contributed by atoms with Crippen LogP contribution >= 0.6 is 11.8 Å². The van der Waals surface area contributed by atoms with Crippen molar-refractivity contribution in [3.63, 3.8) is 0 Å². The number of aromatic nitrogens is 2. The van der Waals surface area contributed by atoms with Crippen LogP contribution in [0.15, 0.2) is 40.6 Å². The lowest BCUT2D eigenvalue weighted by Gasteiger charge is -2.08. The second-order valence-electron chi connectivity index (χ2n) is 4.26. The Morgan fingerprint density at radius 2 is 2.28 bits per heavy atom. The molecule has 0 unspecified atom stereocenters. The zero-order valence-corrected chi connectivity index (χ0v) is 11.7. The maximum Gasteiger partial charge on any atom is 0.170 e. The van der Waals surface area contributed by atoms with E-state index in [0.29, 0.717) is 0 Å². The van der Waals surface area contributed by atoms with Gasteiger partial charge in [0.05, 0.1) is 0 Å². The molecule has 96 valence electrons. The van der Waals surface area contributed by atoms with Gasteiger partial charge in [0.25, 0.3) is 0 Å². The van der Waals surface area contributed by atoms with Crippen molar-refractivity contribution in [1.29, 1.82) is 0 Å². The molecule has 0 aliphatic rings. The number of imidazole rings is 1. The standard InChI is InChI=1S/C14H19N3S/c1-3-6-15-10-12-4-5-13(9-11(12)2)18-14-16-7-8-17-14/h4-5,7-9,15H,3,6,10H2,1-2H3,(H,16,17). The smallest absolute Gasteiger partial charge is 0.170 e. The highest BCUT2D eigenvalue weighted by Gasteiger charge is 2.03. The van der Waals surface area contributed by atoms with Gasteiger partial charge in [-0.15, -0.1) is 0 Å². The molecule has 0 saturated heterocycles. The first-order valence-corrected chi connectivity index (χ1v) is 7.08. The van der Waals surface area contributed by atoms with Crippen LogP contribution in [-0.2, 0) is 6.54 Å². The lowest BCUT2D eigenvalue weighted by atomic mass is 10.1. The third kappa shape index (κ3) is 3.62. The molecule has 0 saturated carbocycles. The first-order valence-electron chi connectivity index (χ1n) is 6.27. The second kappa shape index (κ2) is 6.61. The molecule has 0 aliphatic carbocycles. The SMILES string of the molecule is CCCNCc1ccc(Sc2ncc[nH]2)cc1C. The van der Waals surface area contributed by atoms with Crippen LogP contribution in [0.5, 0.6) is 0 Å². The monoisotopic (exact) mass is 261 g/mol. The Balaban J connectivity index is 2.00. The van der Waals surface area contributed by atoms with Gasteiger partial charge in [-0.3, -0.25) is 0 Å². The summed E-state index contributed by atoms with van der Waals surface area (Å²) >= 11 is 1.66. The molecule has 1 aromatic carbocycles. The average Bonchev–Trinajstić information content (AvgIpc) is 2.85. The fraction of sp³-hybridized carbons (Fsp3) is 0.357. The summed E-state index contributed by atoms with van der Waals surface area (Å²) in [5.41, 5.74) is 2.70. The molecular formula is C14H19N3S. The molecule has 2 rings (SSSR count). The third-order valence-electron chi connectivity index (χ3n) is 2.74. The molecule has 1 aromatic heterocycles. The molecule has 4 heteroatoms. The van der Waals surface area contributed by atoms with Crippen LogP contribution in [0.1, 0.15) is 24.5 Å². The van der Waals surface area contributed by atoms with E-state index in [1.807, 2.05) is 6.20 Å². The first kappa shape index (κ1) is 13.2. The summed E-state index contributed by atoms with van der Waals surface area (Å²) in [5, 5.41) is 4.37. The highest BCUT2D eigenvalue weighted by atomic mass is 32.2. The molecule has 0 fully saturated rings. The van der Waals surface area contributed by atoms with Gasteiger partial charge >= 0.3 is 0 Å². The van der Waals surface area contributed by atoms with Crippen LogP contribution in [0, 0.1) is 6.92 Å². The van der Waals surface area contributed by atoms with E-state index in [4.69, 9.17) is 0 Å². The Labute approximate surface area is 112 Å². The molecule has 0 radical (unpaired) electrons. The molecule has 2 N–H and O–H groups in total. The van der Waals surface area contributed by atoms with Gasteiger partial charge in [-0.25, -0.2) is 4.98 Å². The van der Waals surface area contributed by atoms with Crippen molar-refractivity contribution in [3.05, 3.63) is 41.7 Å². The molecule has 0 atom stereocenters. The van der Waals surface area contributed by atoms with Crippen LogP contribution in [0.2, 0.25) is 0 Å². The van der Waals surface area contributed by atoms with Gasteiger partial charge < -0.3 is 10.3 Å². The van der Waals surface area contributed by atoms with Crippen molar-refractivity contribution < 1.29 is 0 Å². The third-order valence-corrected chi connectivity index (χ3v) is 3.65. The van der Waals surface area contributed by atoms with Crippen molar-refractivity contribution in [3.8, 4) is 0 Å². The van der Waals surface area contributed by atoms with E-state index in [9.17, 15) is 0 Å². The molecular weight excluding hydrogens is 242 g/mol. The average molecular weight is 261 g/mol. The Morgan fingerprint density at radius 3 is 2.94 bits per heavy atom. The van der Waals surface area contributed by atoms with E-state index >= 15 is 0 Å². The van der Waals surface area contributed by atoms with Crippen LogP contribution in [0.25, 0.3) is 0 Å². The minimum Gasteiger partial charge on any atom is -0.339 e. The number of H-pyrrole nitrogens is 1. The highest BCUT2D eigenvalue weighted by Crippen LogP contribution is 2.26. The fourth-order valence-corrected chi connectivity index (χ4v) is 2.58. The molecule has 1 heterocycles. The van der Waals surface area contributed by atoms with E-state index in [1.54, 1.807) is 18.0 Å². The Morgan fingerprint density at radius 1 is 1.39 bits per heavy atom. The minimum atomic E-state index is 0.936. The number of aryl methyl sites for hydroxylation is 1. The molecule has 0 aliphatic heterocycles. The number of rotatable bonds is 6. The van der Waals surface area contributed by atoms with Crippen molar-refractivity contribution >= 4 is 11.8 Å². The molecule has 0 bridgehead atoms.